The summed E-state index contributed by atoms with van der Waals surface area (Å²) >= 11 is 3.14. The largest absolute Gasteiger partial charge is 0.497 e. The first kappa shape index (κ1) is 10.5. The predicted molar refractivity (Wildman–Crippen MR) is 71.6 cm³/mol. The van der Waals surface area contributed by atoms with Crippen LogP contribution in [-0.2, 0) is 0 Å². The van der Waals surface area contributed by atoms with Gasteiger partial charge in [0.15, 0.2) is 10.3 Å². The molecular formula is C11H9N3OS2. The SMILES string of the molecule is COc1ccc2nc(Nc3nccs3)sc2c1. The number of hydrogen-bond acceptors (Lipinski definition) is 6. The van der Waals surface area contributed by atoms with Crippen LogP contribution in [0.4, 0.5) is 10.3 Å². The van der Waals surface area contributed by atoms with Crippen molar-refractivity contribution in [3.63, 3.8) is 0 Å². The number of hydrogen-bond donors (Lipinski definition) is 1. The fraction of sp³-hybridized carbons (Fsp3) is 0.0909. The molecule has 1 aromatic carbocycles. The van der Waals surface area contributed by atoms with E-state index in [1.807, 2.05) is 23.6 Å². The number of aromatic nitrogens is 2. The highest BCUT2D eigenvalue weighted by Crippen LogP contribution is 2.31. The van der Waals surface area contributed by atoms with Crippen LogP contribution in [0.3, 0.4) is 0 Å². The maximum Gasteiger partial charge on any atom is 0.190 e. The van der Waals surface area contributed by atoms with E-state index in [0.717, 1.165) is 26.2 Å². The minimum absolute atomic E-state index is 0.849. The molecule has 6 heteroatoms. The van der Waals surface area contributed by atoms with Crippen LogP contribution in [0.1, 0.15) is 0 Å². The minimum Gasteiger partial charge on any atom is -0.497 e. The lowest BCUT2D eigenvalue weighted by Crippen LogP contribution is -1.86. The van der Waals surface area contributed by atoms with Crippen molar-refractivity contribution in [1.29, 1.82) is 0 Å². The average molecular weight is 263 g/mol. The number of benzene rings is 1. The van der Waals surface area contributed by atoms with Gasteiger partial charge in [-0.05, 0) is 18.2 Å². The van der Waals surface area contributed by atoms with Gasteiger partial charge >= 0.3 is 0 Å². The van der Waals surface area contributed by atoms with E-state index in [1.54, 1.807) is 36.0 Å². The van der Waals surface area contributed by atoms with Crippen LogP contribution < -0.4 is 10.1 Å². The van der Waals surface area contributed by atoms with Gasteiger partial charge in [0.1, 0.15) is 5.75 Å². The molecule has 1 N–H and O–H groups in total. The van der Waals surface area contributed by atoms with Crippen LogP contribution in [0.2, 0.25) is 0 Å². The van der Waals surface area contributed by atoms with Gasteiger partial charge in [0.2, 0.25) is 0 Å². The smallest absolute Gasteiger partial charge is 0.190 e. The summed E-state index contributed by atoms with van der Waals surface area (Å²) in [5, 5.41) is 6.82. The van der Waals surface area contributed by atoms with Gasteiger partial charge in [-0.25, -0.2) is 9.97 Å². The van der Waals surface area contributed by atoms with Gasteiger partial charge in [-0.2, -0.15) is 0 Å². The fourth-order valence-corrected chi connectivity index (χ4v) is 2.95. The molecule has 0 bridgehead atoms. The van der Waals surface area contributed by atoms with E-state index in [0.29, 0.717) is 0 Å². The molecule has 0 atom stereocenters. The third kappa shape index (κ3) is 2.09. The molecule has 2 heterocycles. The fourth-order valence-electron chi connectivity index (χ4n) is 1.46. The van der Waals surface area contributed by atoms with Crippen LogP contribution in [0.15, 0.2) is 29.8 Å². The zero-order valence-electron chi connectivity index (χ0n) is 9.01. The molecule has 0 saturated heterocycles. The van der Waals surface area contributed by atoms with Crippen molar-refractivity contribution >= 4 is 43.2 Å². The highest BCUT2D eigenvalue weighted by atomic mass is 32.1. The molecule has 0 unspecified atom stereocenters. The topological polar surface area (TPSA) is 47.0 Å². The molecule has 0 saturated carbocycles. The predicted octanol–water partition coefficient (Wildman–Crippen LogP) is 3.51. The Morgan fingerprint density at radius 1 is 1.29 bits per heavy atom. The zero-order valence-corrected chi connectivity index (χ0v) is 10.6. The molecule has 4 nitrogen and oxygen atoms in total. The molecular weight excluding hydrogens is 254 g/mol. The van der Waals surface area contributed by atoms with Crippen molar-refractivity contribution in [3.8, 4) is 5.75 Å². The highest BCUT2D eigenvalue weighted by Gasteiger charge is 2.06. The van der Waals surface area contributed by atoms with Gasteiger partial charge in [0.25, 0.3) is 0 Å². The molecule has 0 amide bonds. The third-order valence-corrected chi connectivity index (χ3v) is 3.86. The van der Waals surface area contributed by atoms with E-state index in [-0.39, 0.29) is 0 Å². The molecule has 0 aliphatic carbocycles. The number of thiazole rings is 2. The zero-order chi connectivity index (χ0) is 11.7. The Balaban J connectivity index is 1.96. The Morgan fingerprint density at radius 2 is 2.24 bits per heavy atom. The Kier molecular flexibility index (Phi) is 2.66. The number of rotatable bonds is 3. The standard InChI is InChI=1S/C11H9N3OS2/c1-15-7-2-3-8-9(6-7)17-11(13-8)14-10-12-4-5-16-10/h2-6H,1H3,(H,12,13,14). The maximum absolute atomic E-state index is 5.19. The Bertz CT molecular complexity index is 633. The number of anilines is 2. The summed E-state index contributed by atoms with van der Waals surface area (Å²) in [6.45, 7) is 0. The Morgan fingerprint density at radius 3 is 3.00 bits per heavy atom. The summed E-state index contributed by atoms with van der Waals surface area (Å²) in [5.41, 5.74) is 0.967. The van der Waals surface area contributed by atoms with Crippen molar-refractivity contribution < 1.29 is 4.74 Å². The molecule has 0 radical (unpaired) electrons. The second-order valence-electron chi connectivity index (χ2n) is 3.31. The summed E-state index contributed by atoms with van der Waals surface area (Å²) < 4.78 is 6.29. The minimum atomic E-state index is 0.849. The van der Waals surface area contributed by atoms with Crippen LogP contribution in [0.5, 0.6) is 5.75 Å². The van der Waals surface area contributed by atoms with Crippen LogP contribution >= 0.6 is 22.7 Å². The number of nitrogens with one attached hydrogen (secondary N) is 1. The normalized spacial score (nSPS) is 10.6. The Hall–Kier alpha value is -1.66. The van der Waals surface area contributed by atoms with Gasteiger partial charge < -0.3 is 10.1 Å². The molecule has 86 valence electrons. The lowest BCUT2D eigenvalue weighted by atomic mass is 10.3. The summed E-state index contributed by atoms with van der Waals surface area (Å²) in [5.74, 6) is 0.849. The monoisotopic (exact) mass is 263 g/mol. The Labute approximate surface area is 106 Å². The number of methoxy groups -OCH3 is 1. The van der Waals surface area contributed by atoms with E-state index in [2.05, 4.69) is 15.3 Å². The van der Waals surface area contributed by atoms with Crippen LogP contribution in [-0.4, -0.2) is 17.1 Å². The molecule has 0 aliphatic heterocycles. The van der Waals surface area contributed by atoms with Crippen LogP contribution in [0, 0.1) is 0 Å². The van der Waals surface area contributed by atoms with Crippen molar-refractivity contribution in [1.82, 2.24) is 9.97 Å². The molecule has 3 rings (SSSR count). The molecule has 0 aliphatic rings. The van der Waals surface area contributed by atoms with Crippen molar-refractivity contribution in [2.75, 3.05) is 12.4 Å². The molecule has 17 heavy (non-hydrogen) atoms. The van der Waals surface area contributed by atoms with E-state index >= 15 is 0 Å². The number of fused-ring (bicyclic) bond motifs is 1. The van der Waals surface area contributed by atoms with Gasteiger partial charge in [-0.15, -0.1) is 11.3 Å². The van der Waals surface area contributed by atoms with Gasteiger partial charge in [0, 0.05) is 11.6 Å². The van der Waals surface area contributed by atoms with Crippen molar-refractivity contribution in [3.05, 3.63) is 29.8 Å². The van der Waals surface area contributed by atoms with E-state index < -0.39 is 0 Å². The van der Waals surface area contributed by atoms with Gasteiger partial charge in [-0.1, -0.05) is 11.3 Å². The number of nitrogens with zero attached hydrogens (tertiary/aromatic N) is 2. The lowest BCUT2D eigenvalue weighted by Gasteiger charge is -1.96. The highest BCUT2D eigenvalue weighted by molar-refractivity contribution is 7.22. The van der Waals surface area contributed by atoms with Gasteiger partial charge in [-0.3, -0.25) is 0 Å². The summed E-state index contributed by atoms with van der Waals surface area (Å²) in [4.78, 5) is 8.65. The molecule has 2 aromatic heterocycles. The first-order valence-corrected chi connectivity index (χ1v) is 6.66. The van der Waals surface area contributed by atoms with E-state index in [4.69, 9.17) is 4.74 Å². The maximum atomic E-state index is 5.19. The van der Waals surface area contributed by atoms with Crippen LogP contribution in [0.25, 0.3) is 10.2 Å². The summed E-state index contributed by atoms with van der Waals surface area (Å²) in [7, 11) is 1.66. The number of ether oxygens (including phenoxy) is 1. The third-order valence-electron chi connectivity index (χ3n) is 2.24. The average Bonchev–Trinajstić information content (AvgIpc) is 2.96. The van der Waals surface area contributed by atoms with E-state index in [9.17, 15) is 0 Å². The molecule has 0 fully saturated rings. The quantitative estimate of drug-likeness (QED) is 0.785. The van der Waals surface area contributed by atoms with Crippen molar-refractivity contribution in [2.45, 2.75) is 0 Å². The van der Waals surface area contributed by atoms with Gasteiger partial charge in [0.05, 0.1) is 17.3 Å². The first-order chi connectivity index (χ1) is 8.35. The molecule has 3 aromatic rings. The first-order valence-electron chi connectivity index (χ1n) is 4.96. The second-order valence-corrected chi connectivity index (χ2v) is 5.24. The second kappa shape index (κ2) is 4.31. The summed E-state index contributed by atoms with van der Waals surface area (Å²) in [6.07, 6.45) is 1.77. The lowest BCUT2D eigenvalue weighted by molar-refractivity contribution is 0.415. The molecule has 0 spiro atoms. The van der Waals surface area contributed by atoms with Crippen molar-refractivity contribution in [2.24, 2.45) is 0 Å². The summed E-state index contributed by atoms with van der Waals surface area (Å²) in [6, 6.07) is 5.85. The van der Waals surface area contributed by atoms with E-state index in [1.165, 1.54) is 0 Å².